The minimum absolute atomic E-state index is 0.317. The average molecular weight is 284 g/mol. The molecule has 6 heteroatoms. The number of hydrogen-bond acceptors (Lipinski definition) is 5. The van der Waals surface area contributed by atoms with Crippen molar-refractivity contribution in [1.82, 2.24) is 0 Å². The molecule has 2 aromatic carbocycles. The molecule has 1 aliphatic rings. The minimum Gasteiger partial charge on any atom is -0.341 e. The highest BCUT2D eigenvalue weighted by Gasteiger charge is 2.26. The molecule has 98 valence electrons. The van der Waals surface area contributed by atoms with Crippen LogP contribution in [0.15, 0.2) is 53.5 Å². The number of carbonyl (C=O) groups excluding carboxylic acids is 1. The summed E-state index contributed by atoms with van der Waals surface area (Å²) in [7, 11) is 0. The second-order valence-corrected chi connectivity index (χ2v) is 4.09. The Kier molecular flexibility index (Phi) is 3.16. The molecule has 20 heavy (non-hydrogen) atoms. The summed E-state index contributed by atoms with van der Waals surface area (Å²) in [6.45, 7) is 0. The molecule has 1 amide bonds. The second kappa shape index (κ2) is 5.13. The fourth-order valence-electron chi connectivity index (χ4n) is 1.81. The van der Waals surface area contributed by atoms with Crippen LogP contribution in [0.3, 0.4) is 0 Å². The third-order valence-electron chi connectivity index (χ3n) is 2.69. The molecule has 1 heterocycles. The Balaban J connectivity index is 1.97. The quantitative estimate of drug-likeness (QED) is 0.626. The van der Waals surface area contributed by atoms with Crippen molar-refractivity contribution < 1.29 is 14.5 Å². The molecular weight excluding hydrogens is 276 g/mol. The van der Waals surface area contributed by atoms with Crippen LogP contribution >= 0.6 is 12.2 Å². The fraction of sp³-hybridized carbons (Fsp3) is 0. The molecule has 0 atom stereocenters. The number of anilines is 1. The van der Waals surface area contributed by atoms with E-state index in [2.05, 4.69) is 22.4 Å². The Morgan fingerprint density at radius 2 is 1.65 bits per heavy atom. The molecule has 0 spiro atoms. The molecule has 0 fully saturated rings. The van der Waals surface area contributed by atoms with E-state index in [1.54, 1.807) is 36.4 Å². The fourth-order valence-corrected chi connectivity index (χ4v) is 1.89. The maximum absolute atomic E-state index is 11.9. The van der Waals surface area contributed by atoms with Gasteiger partial charge >= 0.3 is 0 Å². The summed E-state index contributed by atoms with van der Waals surface area (Å²) < 4.78 is 0. The van der Waals surface area contributed by atoms with Crippen molar-refractivity contribution in [3.8, 4) is 11.5 Å². The number of amides is 1. The number of aliphatic imine (C=N–C) groups is 1. The molecule has 0 radical (unpaired) electrons. The van der Waals surface area contributed by atoms with Crippen molar-refractivity contribution in [1.29, 1.82) is 0 Å². The average Bonchev–Trinajstić information content (AvgIpc) is 2.91. The van der Waals surface area contributed by atoms with Gasteiger partial charge < -0.3 is 9.68 Å². The number of carbonyl (C=O) groups is 1. The Morgan fingerprint density at radius 3 is 2.30 bits per heavy atom. The van der Waals surface area contributed by atoms with Gasteiger partial charge in [-0.05, 0) is 41.7 Å². The number of thiocarbonyl (C=S) groups is 1. The van der Waals surface area contributed by atoms with Gasteiger partial charge in [0.25, 0.3) is 5.91 Å². The van der Waals surface area contributed by atoms with Crippen LogP contribution in [0, 0.1) is 0 Å². The lowest BCUT2D eigenvalue weighted by Gasteiger charge is -2.16. The summed E-state index contributed by atoms with van der Waals surface area (Å²) in [4.78, 5) is 26.4. The zero-order valence-electron chi connectivity index (χ0n) is 10.1. The van der Waals surface area contributed by atoms with E-state index in [1.807, 2.05) is 12.1 Å². The van der Waals surface area contributed by atoms with Crippen molar-refractivity contribution in [2.75, 3.05) is 5.23 Å². The Morgan fingerprint density at radius 1 is 1.05 bits per heavy atom. The van der Waals surface area contributed by atoms with E-state index in [1.165, 1.54) is 5.23 Å². The van der Waals surface area contributed by atoms with Gasteiger partial charge in [0.2, 0.25) is 11.5 Å². The van der Waals surface area contributed by atoms with Gasteiger partial charge in [-0.3, -0.25) is 4.79 Å². The zero-order valence-corrected chi connectivity index (χ0v) is 11.0. The predicted molar refractivity (Wildman–Crippen MR) is 76.0 cm³/mol. The summed E-state index contributed by atoms with van der Waals surface area (Å²) in [5, 5.41) is 3.24. The third kappa shape index (κ3) is 2.14. The normalized spacial score (nSPS) is 11.9. The molecule has 3 rings (SSSR count). The van der Waals surface area contributed by atoms with Crippen LogP contribution in [-0.4, -0.2) is 11.1 Å². The molecule has 0 N–H and O–H groups in total. The maximum Gasteiger partial charge on any atom is 0.288 e. The number of hydrogen-bond donors (Lipinski definition) is 0. The van der Waals surface area contributed by atoms with Crippen LogP contribution in [0.5, 0.6) is 11.5 Å². The first-order chi connectivity index (χ1) is 9.79. The van der Waals surface area contributed by atoms with Crippen LogP contribution in [-0.2, 0) is 0 Å². The molecule has 5 nitrogen and oxygen atoms in total. The number of fused-ring (bicyclic) bond motifs is 1. The van der Waals surface area contributed by atoms with Gasteiger partial charge in [0, 0.05) is 0 Å². The van der Waals surface area contributed by atoms with Crippen LogP contribution in [0.1, 0.15) is 10.4 Å². The van der Waals surface area contributed by atoms with Gasteiger partial charge in [0.05, 0.1) is 10.7 Å². The van der Waals surface area contributed by atoms with Gasteiger partial charge in [-0.25, -0.2) is 0 Å². The zero-order chi connectivity index (χ0) is 13.9. The predicted octanol–water partition coefficient (Wildman–Crippen LogP) is 3.04. The van der Waals surface area contributed by atoms with Gasteiger partial charge in [-0.15, -0.1) is 0 Å². The van der Waals surface area contributed by atoms with Gasteiger partial charge in [0.15, 0.2) is 0 Å². The minimum atomic E-state index is -0.501. The Hall–Kier alpha value is -2.69. The van der Waals surface area contributed by atoms with E-state index in [0.29, 0.717) is 22.7 Å². The summed E-state index contributed by atoms with van der Waals surface area (Å²) in [6, 6.07) is 14.0. The lowest BCUT2D eigenvalue weighted by Crippen LogP contribution is -2.27. The van der Waals surface area contributed by atoms with Crippen LogP contribution in [0.25, 0.3) is 0 Å². The molecule has 0 aliphatic carbocycles. The van der Waals surface area contributed by atoms with E-state index >= 15 is 0 Å². The Bertz CT molecular complexity index is 701. The molecule has 0 bridgehead atoms. The van der Waals surface area contributed by atoms with Crippen molar-refractivity contribution in [2.24, 2.45) is 4.99 Å². The monoisotopic (exact) mass is 284 g/mol. The smallest absolute Gasteiger partial charge is 0.288 e. The summed E-state index contributed by atoms with van der Waals surface area (Å²) in [6.07, 6.45) is 0. The van der Waals surface area contributed by atoms with Crippen LogP contribution in [0.2, 0.25) is 0 Å². The van der Waals surface area contributed by atoms with Gasteiger partial charge in [0.1, 0.15) is 5.69 Å². The van der Waals surface area contributed by atoms with Crippen molar-refractivity contribution in [3.63, 3.8) is 0 Å². The molecule has 0 saturated heterocycles. The highest BCUT2D eigenvalue weighted by molar-refractivity contribution is 7.78. The largest absolute Gasteiger partial charge is 0.341 e. The molecule has 2 aromatic rings. The van der Waals surface area contributed by atoms with E-state index in [4.69, 9.17) is 9.68 Å². The summed E-state index contributed by atoms with van der Waals surface area (Å²) in [5.74, 6) is 0.653. The topological polar surface area (TPSA) is 51.1 Å². The molecule has 1 aliphatic heterocycles. The van der Waals surface area contributed by atoms with Crippen LogP contribution < -0.4 is 14.9 Å². The van der Waals surface area contributed by atoms with E-state index in [-0.39, 0.29) is 0 Å². The van der Waals surface area contributed by atoms with Crippen molar-refractivity contribution >= 4 is 29.0 Å². The van der Waals surface area contributed by atoms with Crippen molar-refractivity contribution in [2.45, 2.75) is 0 Å². The highest BCUT2D eigenvalue weighted by atomic mass is 32.1. The van der Waals surface area contributed by atoms with Gasteiger partial charge in [-0.2, -0.15) is 4.99 Å². The number of para-hydroxylation sites is 3. The first-order valence-corrected chi connectivity index (χ1v) is 6.17. The van der Waals surface area contributed by atoms with E-state index in [0.717, 1.165) is 0 Å². The number of benzene rings is 2. The maximum atomic E-state index is 11.9. The summed E-state index contributed by atoms with van der Waals surface area (Å²) in [5.41, 5.74) is 0.764. The number of nitrogens with zero attached hydrogens (tertiary/aromatic N) is 2. The van der Waals surface area contributed by atoms with E-state index < -0.39 is 5.91 Å². The first kappa shape index (κ1) is 12.3. The molecular formula is C14H8N2O3S. The molecule has 0 unspecified atom stereocenters. The van der Waals surface area contributed by atoms with E-state index in [9.17, 15) is 4.79 Å². The standard InChI is InChI=1S/C14H8N2O3S/c17-14(15-9-20)10-5-1-2-6-11(10)16-18-12-7-3-4-8-13(12)19-16/h1-8H. The lowest BCUT2D eigenvalue weighted by molar-refractivity contribution is 0.0987. The van der Waals surface area contributed by atoms with Crippen molar-refractivity contribution in [3.05, 3.63) is 54.1 Å². The van der Waals surface area contributed by atoms with Gasteiger partial charge in [-0.1, -0.05) is 24.3 Å². The van der Waals surface area contributed by atoms with Crippen LogP contribution in [0.4, 0.5) is 5.69 Å². The number of rotatable bonds is 2. The summed E-state index contributed by atoms with van der Waals surface area (Å²) >= 11 is 4.45. The molecule has 0 aromatic heterocycles. The lowest BCUT2D eigenvalue weighted by atomic mass is 10.2. The highest BCUT2D eigenvalue weighted by Crippen LogP contribution is 2.36. The third-order valence-corrected chi connectivity index (χ3v) is 2.78. The second-order valence-electron chi connectivity index (χ2n) is 3.91. The SMILES string of the molecule is O=C(N=C=S)c1ccccc1N1Oc2ccccc2O1. The molecule has 0 saturated carbocycles. The first-order valence-electron chi connectivity index (χ1n) is 5.76. The number of isothiocyanates is 1. The Labute approximate surface area is 120 Å².